The molecular weight excluding hydrogens is 328 g/mol. The molecule has 0 saturated carbocycles. The molecule has 1 atom stereocenters. The van der Waals surface area contributed by atoms with Gasteiger partial charge in [-0.3, -0.25) is 14.4 Å². The van der Waals surface area contributed by atoms with Crippen LogP contribution in [0.5, 0.6) is 0 Å². The van der Waals surface area contributed by atoms with Crippen LogP contribution < -0.4 is 5.32 Å². The first-order valence-electron chi connectivity index (χ1n) is 8.28. The Hall–Kier alpha value is -1.89. The van der Waals surface area contributed by atoms with Gasteiger partial charge >= 0.3 is 5.97 Å². The SMILES string of the molecule is CCc1c(C(=O)N2CCC3(CC2)NC(=O)CC3C(=O)O)csc1C. The van der Waals surface area contributed by atoms with Gasteiger partial charge in [0.05, 0.1) is 17.0 Å². The molecule has 2 amide bonds. The highest BCUT2D eigenvalue weighted by Gasteiger charge is 2.52. The van der Waals surface area contributed by atoms with Crippen molar-refractivity contribution in [2.45, 2.75) is 45.1 Å². The van der Waals surface area contributed by atoms with Gasteiger partial charge in [0.2, 0.25) is 5.91 Å². The number of hydrogen-bond donors (Lipinski definition) is 2. The molecule has 3 rings (SSSR count). The van der Waals surface area contributed by atoms with Crippen molar-refractivity contribution >= 4 is 29.1 Å². The van der Waals surface area contributed by atoms with Crippen LogP contribution >= 0.6 is 11.3 Å². The lowest BCUT2D eigenvalue weighted by Gasteiger charge is -2.41. The first-order valence-corrected chi connectivity index (χ1v) is 9.16. The van der Waals surface area contributed by atoms with Gasteiger partial charge in [-0.15, -0.1) is 11.3 Å². The molecule has 6 nitrogen and oxygen atoms in total. The number of piperidine rings is 1. The fraction of sp³-hybridized carbons (Fsp3) is 0.588. The zero-order chi connectivity index (χ0) is 17.5. The third kappa shape index (κ3) is 2.70. The number of hydrogen-bond acceptors (Lipinski definition) is 4. The minimum absolute atomic E-state index is 0.0160. The van der Waals surface area contributed by atoms with Gasteiger partial charge < -0.3 is 15.3 Å². The lowest BCUT2D eigenvalue weighted by Crippen LogP contribution is -2.56. The first-order chi connectivity index (χ1) is 11.4. The second-order valence-corrected chi connectivity index (χ2v) is 7.71. The minimum Gasteiger partial charge on any atom is -0.481 e. The highest BCUT2D eigenvalue weighted by atomic mass is 32.1. The molecular formula is C17H22N2O4S. The quantitative estimate of drug-likeness (QED) is 0.870. The molecule has 7 heteroatoms. The molecule has 1 aromatic rings. The van der Waals surface area contributed by atoms with Crippen molar-refractivity contribution in [2.75, 3.05) is 13.1 Å². The van der Waals surface area contributed by atoms with Crippen molar-refractivity contribution in [3.63, 3.8) is 0 Å². The number of carboxylic acids is 1. The lowest BCUT2D eigenvalue weighted by molar-refractivity contribution is -0.144. The van der Waals surface area contributed by atoms with Crippen LogP contribution in [-0.4, -0.2) is 46.4 Å². The van der Waals surface area contributed by atoms with Gasteiger partial charge in [0, 0.05) is 29.8 Å². The number of aliphatic carboxylic acids is 1. The molecule has 0 aromatic carbocycles. The maximum absolute atomic E-state index is 12.8. The van der Waals surface area contributed by atoms with Gasteiger partial charge in [0.25, 0.3) is 5.91 Å². The Morgan fingerprint density at radius 2 is 2.08 bits per heavy atom. The van der Waals surface area contributed by atoms with E-state index in [0.29, 0.717) is 25.9 Å². The van der Waals surface area contributed by atoms with E-state index in [1.165, 1.54) is 4.88 Å². The van der Waals surface area contributed by atoms with Gasteiger partial charge in [-0.25, -0.2) is 0 Å². The Bertz CT molecular complexity index is 689. The summed E-state index contributed by atoms with van der Waals surface area (Å²) in [6, 6.07) is 0. The summed E-state index contributed by atoms with van der Waals surface area (Å²) in [5.74, 6) is -1.82. The number of amides is 2. The van der Waals surface area contributed by atoms with Gasteiger partial charge in [-0.2, -0.15) is 0 Å². The average molecular weight is 350 g/mol. The zero-order valence-corrected chi connectivity index (χ0v) is 14.7. The van der Waals surface area contributed by atoms with Crippen LogP contribution in [-0.2, 0) is 16.0 Å². The van der Waals surface area contributed by atoms with Gasteiger partial charge in [0.15, 0.2) is 0 Å². The van der Waals surface area contributed by atoms with Gasteiger partial charge in [-0.05, 0) is 31.7 Å². The summed E-state index contributed by atoms with van der Waals surface area (Å²) >= 11 is 1.59. The van der Waals surface area contributed by atoms with E-state index >= 15 is 0 Å². The highest BCUT2D eigenvalue weighted by molar-refractivity contribution is 7.10. The molecule has 1 spiro atoms. The van der Waals surface area contributed by atoms with Crippen molar-refractivity contribution in [2.24, 2.45) is 5.92 Å². The molecule has 130 valence electrons. The number of rotatable bonds is 3. The van der Waals surface area contributed by atoms with E-state index in [2.05, 4.69) is 5.32 Å². The maximum Gasteiger partial charge on any atom is 0.309 e. The topological polar surface area (TPSA) is 86.7 Å². The molecule has 2 N–H and O–H groups in total. The van der Waals surface area contributed by atoms with Crippen molar-refractivity contribution in [1.82, 2.24) is 10.2 Å². The molecule has 0 bridgehead atoms. The summed E-state index contributed by atoms with van der Waals surface area (Å²) in [6.07, 6.45) is 1.84. The second kappa shape index (κ2) is 6.20. The van der Waals surface area contributed by atoms with Crippen LogP contribution in [0.15, 0.2) is 5.38 Å². The summed E-state index contributed by atoms with van der Waals surface area (Å²) in [6.45, 7) is 5.02. The summed E-state index contributed by atoms with van der Waals surface area (Å²) in [4.78, 5) is 38.9. The summed E-state index contributed by atoms with van der Waals surface area (Å²) in [5.41, 5.74) is 1.17. The molecule has 2 saturated heterocycles. The van der Waals surface area contributed by atoms with Crippen LogP contribution in [0, 0.1) is 12.8 Å². The Balaban J connectivity index is 1.74. The second-order valence-electron chi connectivity index (χ2n) is 6.63. The minimum atomic E-state index is -0.935. The molecule has 24 heavy (non-hydrogen) atoms. The molecule has 2 aliphatic rings. The number of carbonyl (C=O) groups excluding carboxylic acids is 2. The van der Waals surface area contributed by atoms with E-state index in [-0.39, 0.29) is 18.2 Å². The molecule has 2 aliphatic heterocycles. The monoisotopic (exact) mass is 350 g/mol. The molecule has 1 aromatic heterocycles. The smallest absolute Gasteiger partial charge is 0.309 e. The lowest BCUT2D eigenvalue weighted by atomic mass is 9.77. The number of carbonyl (C=O) groups is 3. The van der Waals surface area contributed by atoms with E-state index in [4.69, 9.17) is 0 Å². The third-order valence-electron chi connectivity index (χ3n) is 5.37. The van der Waals surface area contributed by atoms with E-state index in [9.17, 15) is 19.5 Å². The Kier molecular flexibility index (Phi) is 4.38. The van der Waals surface area contributed by atoms with Gasteiger partial charge in [0.1, 0.15) is 0 Å². The summed E-state index contributed by atoms with van der Waals surface area (Å²) < 4.78 is 0. The molecule has 0 aliphatic carbocycles. The Morgan fingerprint density at radius 3 is 2.67 bits per heavy atom. The van der Waals surface area contributed by atoms with Crippen molar-refractivity contribution in [3.05, 3.63) is 21.4 Å². The summed E-state index contributed by atoms with van der Waals surface area (Å²) in [7, 11) is 0. The zero-order valence-electron chi connectivity index (χ0n) is 13.9. The van der Waals surface area contributed by atoms with E-state index in [1.54, 1.807) is 16.2 Å². The molecule has 0 radical (unpaired) electrons. The number of nitrogens with one attached hydrogen (secondary N) is 1. The van der Waals surface area contributed by atoms with Crippen LogP contribution in [0.4, 0.5) is 0 Å². The number of likely N-dealkylation sites (tertiary alicyclic amines) is 1. The van der Waals surface area contributed by atoms with Crippen LogP contribution in [0.1, 0.15) is 47.0 Å². The molecule has 3 heterocycles. The number of nitrogens with zero attached hydrogens (tertiary/aromatic N) is 1. The predicted octanol–water partition coefficient (Wildman–Crippen LogP) is 1.81. The number of aryl methyl sites for hydroxylation is 1. The number of thiophene rings is 1. The normalized spacial score (nSPS) is 22.7. The fourth-order valence-corrected chi connectivity index (χ4v) is 4.91. The fourth-order valence-electron chi connectivity index (χ4n) is 3.97. The van der Waals surface area contributed by atoms with Crippen LogP contribution in [0.3, 0.4) is 0 Å². The van der Waals surface area contributed by atoms with E-state index < -0.39 is 17.4 Å². The molecule has 2 fully saturated rings. The standard InChI is InChI=1S/C17H22N2O4S/c1-3-11-10(2)24-9-12(11)15(21)19-6-4-17(5-7-19)13(16(22)23)8-14(20)18-17/h9,13H,3-8H2,1-2H3,(H,18,20)(H,22,23). The average Bonchev–Trinajstić information content (AvgIpc) is 3.07. The number of carboxylic acid groups (broad SMARTS) is 1. The third-order valence-corrected chi connectivity index (χ3v) is 6.33. The van der Waals surface area contributed by atoms with Gasteiger partial charge in [-0.1, -0.05) is 6.92 Å². The van der Waals surface area contributed by atoms with Crippen molar-refractivity contribution in [1.29, 1.82) is 0 Å². The largest absolute Gasteiger partial charge is 0.481 e. The first kappa shape index (κ1) is 17.0. The summed E-state index contributed by atoms with van der Waals surface area (Å²) in [5, 5.41) is 14.2. The maximum atomic E-state index is 12.8. The van der Waals surface area contributed by atoms with E-state index in [1.807, 2.05) is 19.2 Å². The molecule has 1 unspecified atom stereocenters. The van der Waals surface area contributed by atoms with Crippen molar-refractivity contribution in [3.8, 4) is 0 Å². The van der Waals surface area contributed by atoms with Crippen molar-refractivity contribution < 1.29 is 19.5 Å². The van der Waals surface area contributed by atoms with Crippen LogP contribution in [0.2, 0.25) is 0 Å². The van der Waals surface area contributed by atoms with Crippen LogP contribution in [0.25, 0.3) is 0 Å². The van der Waals surface area contributed by atoms with E-state index in [0.717, 1.165) is 17.5 Å². The Labute approximate surface area is 144 Å². The highest BCUT2D eigenvalue weighted by Crippen LogP contribution is 2.37. The predicted molar refractivity (Wildman–Crippen MR) is 90.2 cm³/mol. The Morgan fingerprint density at radius 1 is 1.42 bits per heavy atom.